The van der Waals surface area contributed by atoms with Crippen molar-refractivity contribution < 1.29 is 22.8 Å². The molecule has 0 aliphatic rings. The van der Waals surface area contributed by atoms with Gasteiger partial charge in [-0.05, 0) is 12.1 Å². The van der Waals surface area contributed by atoms with E-state index in [1.807, 2.05) is 12.1 Å². The summed E-state index contributed by atoms with van der Waals surface area (Å²) in [5.74, 6) is -0.641. The zero-order valence-corrected chi connectivity index (χ0v) is 15.4. The summed E-state index contributed by atoms with van der Waals surface area (Å²) in [5, 5.41) is 9.90. The number of carbonyl (C=O) groups excluding carboxylic acids is 1. The maximum absolute atomic E-state index is 12.1. The number of aromatic nitrogens is 1. The Morgan fingerprint density at radius 1 is 1.20 bits per heavy atom. The van der Waals surface area contributed by atoms with Crippen molar-refractivity contribution in [1.82, 2.24) is 4.57 Å². The van der Waals surface area contributed by atoms with Gasteiger partial charge in [0.1, 0.15) is 6.07 Å². The third kappa shape index (κ3) is 3.16. The van der Waals surface area contributed by atoms with E-state index in [4.69, 9.17) is 23.7 Å². The van der Waals surface area contributed by atoms with E-state index in [1.165, 1.54) is 39.2 Å². The molecule has 132 valence electrons. The van der Waals surface area contributed by atoms with Crippen molar-refractivity contribution >= 4 is 25.6 Å². The number of nitrogens with zero attached hydrogens (tertiary/aromatic N) is 2. The van der Waals surface area contributed by atoms with E-state index < -0.39 is 14.8 Å². The van der Waals surface area contributed by atoms with E-state index in [-0.39, 0.29) is 16.9 Å². The maximum Gasteiger partial charge on any atom is 0.536 e. The molecular formula is C16H19N3O5Si. The van der Waals surface area contributed by atoms with Crippen LogP contribution < -0.4 is 10.9 Å². The Labute approximate surface area is 146 Å². The molecule has 0 atom stereocenters. The number of nitriles is 1. The summed E-state index contributed by atoms with van der Waals surface area (Å²) in [7, 11) is 2.72. The van der Waals surface area contributed by atoms with Crippen LogP contribution in [0.4, 0.5) is 5.69 Å². The molecule has 0 unspecified atom stereocenters. The highest BCUT2D eigenvalue weighted by Crippen LogP contribution is 2.24. The molecular weight excluding hydrogens is 342 g/mol. The third-order valence-electron chi connectivity index (χ3n) is 3.83. The van der Waals surface area contributed by atoms with Crippen LogP contribution in [0.15, 0.2) is 30.5 Å². The molecule has 0 aliphatic heterocycles. The lowest BCUT2D eigenvalue weighted by atomic mass is 10.2. The highest BCUT2D eigenvalue weighted by atomic mass is 28.4. The largest absolute Gasteiger partial charge is 0.536 e. The molecule has 2 aromatic rings. The van der Waals surface area contributed by atoms with Gasteiger partial charge in [0.15, 0.2) is 5.69 Å². The topological polar surface area (TPSA) is 109 Å². The van der Waals surface area contributed by atoms with Crippen molar-refractivity contribution in [1.29, 1.82) is 5.26 Å². The van der Waals surface area contributed by atoms with Gasteiger partial charge < -0.3 is 28.3 Å². The fourth-order valence-electron chi connectivity index (χ4n) is 2.57. The van der Waals surface area contributed by atoms with Gasteiger partial charge in [-0.2, -0.15) is 5.26 Å². The monoisotopic (exact) mass is 361 g/mol. The standard InChI is InChI=1S/C16H19N3O5Si/c1-21-16(20)15-14(18)11(9-17)10-19(15)12-6-5-7-13(8-12)25(22-2,23-3)24-4/h5-8,10H,18H2,1-4H3. The zero-order chi connectivity index (χ0) is 18.6. The van der Waals surface area contributed by atoms with Gasteiger partial charge in [0.25, 0.3) is 0 Å². The normalized spacial score (nSPS) is 11.2. The van der Waals surface area contributed by atoms with E-state index in [9.17, 15) is 10.1 Å². The molecule has 25 heavy (non-hydrogen) atoms. The van der Waals surface area contributed by atoms with E-state index in [0.29, 0.717) is 10.9 Å². The lowest BCUT2D eigenvalue weighted by molar-refractivity contribution is 0.0593. The van der Waals surface area contributed by atoms with E-state index in [0.717, 1.165) is 0 Å². The van der Waals surface area contributed by atoms with Crippen LogP contribution in [0.1, 0.15) is 16.1 Å². The van der Waals surface area contributed by atoms with Gasteiger partial charge in [-0.25, -0.2) is 4.79 Å². The van der Waals surface area contributed by atoms with Gasteiger partial charge in [-0.15, -0.1) is 0 Å². The first-order valence-electron chi connectivity index (χ1n) is 7.23. The highest BCUT2D eigenvalue weighted by Gasteiger charge is 2.41. The maximum atomic E-state index is 12.1. The van der Waals surface area contributed by atoms with E-state index >= 15 is 0 Å². The number of hydrogen-bond acceptors (Lipinski definition) is 7. The number of methoxy groups -OCH3 is 1. The van der Waals surface area contributed by atoms with Gasteiger partial charge in [0.2, 0.25) is 0 Å². The first kappa shape index (κ1) is 18.7. The Morgan fingerprint density at radius 3 is 2.36 bits per heavy atom. The molecule has 0 saturated carbocycles. The van der Waals surface area contributed by atoms with Gasteiger partial charge in [0, 0.05) is 38.4 Å². The number of nitrogens with two attached hydrogens (primary N) is 1. The molecule has 2 rings (SSSR count). The van der Waals surface area contributed by atoms with Crippen molar-refractivity contribution in [3.8, 4) is 11.8 Å². The summed E-state index contributed by atoms with van der Waals surface area (Å²) >= 11 is 0. The second kappa shape index (κ2) is 7.50. The number of hydrogen-bond donors (Lipinski definition) is 1. The average Bonchev–Trinajstić information content (AvgIpc) is 3.00. The number of esters is 1. The number of benzene rings is 1. The number of ether oxygens (including phenoxy) is 1. The second-order valence-electron chi connectivity index (χ2n) is 5.00. The Hall–Kier alpha value is -2.64. The van der Waals surface area contributed by atoms with Crippen molar-refractivity contribution in [2.75, 3.05) is 34.2 Å². The highest BCUT2D eigenvalue weighted by molar-refractivity contribution is 6.75. The first-order chi connectivity index (χ1) is 12.0. The molecule has 1 aromatic heterocycles. The van der Waals surface area contributed by atoms with Crippen molar-refractivity contribution in [2.24, 2.45) is 0 Å². The smallest absolute Gasteiger partial charge is 0.464 e. The Kier molecular flexibility index (Phi) is 5.61. The molecule has 0 radical (unpaired) electrons. The zero-order valence-electron chi connectivity index (χ0n) is 14.4. The van der Waals surface area contributed by atoms with Gasteiger partial charge >= 0.3 is 14.8 Å². The molecule has 0 fully saturated rings. The molecule has 9 heteroatoms. The van der Waals surface area contributed by atoms with Crippen LogP contribution in [-0.2, 0) is 18.0 Å². The summed E-state index contributed by atoms with van der Waals surface area (Å²) < 4.78 is 22.7. The molecule has 2 N–H and O–H groups in total. The molecule has 1 heterocycles. The third-order valence-corrected chi connectivity index (χ3v) is 6.46. The fourth-order valence-corrected chi connectivity index (χ4v) is 4.40. The predicted molar refractivity (Wildman–Crippen MR) is 92.7 cm³/mol. The van der Waals surface area contributed by atoms with E-state index in [1.54, 1.807) is 18.2 Å². The molecule has 0 aliphatic carbocycles. The van der Waals surface area contributed by atoms with Crippen LogP contribution in [-0.4, -0.2) is 47.8 Å². The van der Waals surface area contributed by atoms with Gasteiger partial charge in [0.05, 0.1) is 18.4 Å². The van der Waals surface area contributed by atoms with Crippen LogP contribution in [0, 0.1) is 11.3 Å². The lowest BCUT2D eigenvalue weighted by Gasteiger charge is -2.25. The molecule has 0 bridgehead atoms. The van der Waals surface area contributed by atoms with Crippen molar-refractivity contribution in [3.05, 3.63) is 41.7 Å². The van der Waals surface area contributed by atoms with Gasteiger partial charge in [-0.3, -0.25) is 0 Å². The summed E-state index contributed by atoms with van der Waals surface area (Å²) in [6, 6.07) is 9.06. The van der Waals surface area contributed by atoms with Gasteiger partial charge in [-0.1, -0.05) is 12.1 Å². The summed E-state index contributed by atoms with van der Waals surface area (Å²) in [6.07, 6.45) is 1.48. The Balaban J connectivity index is 2.67. The Morgan fingerprint density at radius 2 is 1.84 bits per heavy atom. The quantitative estimate of drug-likeness (QED) is 0.599. The summed E-state index contributed by atoms with van der Waals surface area (Å²) in [4.78, 5) is 12.1. The average molecular weight is 361 g/mol. The first-order valence-corrected chi connectivity index (χ1v) is 8.96. The molecule has 0 spiro atoms. The number of nitrogen functional groups attached to an aromatic ring is 1. The summed E-state index contributed by atoms with van der Waals surface area (Å²) in [6.45, 7) is 0. The minimum Gasteiger partial charge on any atom is -0.464 e. The minimum absolute atomic E-state index is 0.0634. The number of carbonyl (C=O) groups is 1. The van der Waals surface area contributed by atoms with Crippen LogP contribution >= 0.6 is 0 Å². The SMILES string of the molecule is COC(=O)c1c(N)c(C#N)cn1-c1cccc([Si](OC)(OC)OC)c1. The second-order valence-corrected chi connectivity index (χ2v) is 7.91. The molecule has 1 aromatic carbocycles. The van der Waals surface area contributed by atoms with Crippen LogP contribution in [0.25, 0.3) is 5.69 Å². The molecule has 0 amide bonds. The number of anilines is 1. The van der Waals surface area contributed by atoms with Crippen molar-refractivity contribution in [3.63, 3.8) is 0 Å². The Bertz CT molecular complexity index is 815. The molecule has 0 saturated heterocycles. The van der Waals surface area contributed by atoms with Crippen molar-refractivity contribution in [2.45, 2.75) is 0 Å². The van der Waals surface area contributed by atoms with E-state index in [2.05, 4.69) is 0 Å². The minimum atomic E-state index is -3.05. The predicted octanol–water partition coefficient (Wildman–Crippen LogP) is 0.803. The fraction of sp³-hybridized carbons (Fsp3) is 0.250. The van der Waals surface area contributed by atoms with Crippen LogP contribution in [0.5, 0.6) is 0 Å². The lowest BCUT2D eigenvalue weighted by Crippen LogP contribution is -2.54. The van der Waals surface area contributed by atoms with Crippen LogP contribution in [0.2, 0.25) is 0 Å². The summed E-state index contributed by atoms with van der Waals surface area (Å²) in [5.41, 5.74) is 6.84. The number of rotatable bonds is 6. The molecule has 8 nitrogen and oxygen atoms in total. The van der Waals surface area contributed by atoms with Crippen LogP contribution in [0.3, 0.4) is 0 Å².